The minimum atomic E-state index is 0.851. The highest BCUT2D eigenvalue weighted by Crippen LogP contribution is 2.20. The molecule has 0 amide bonds. The standard InChI is InChI=1S/C14H13Cl.C2H6/c1-11-7-8-14(15)13(9-11)10-12-5-3-2-4-6-12;1-2/h2-9H,10H2,1H3;1-2H3. The molecule has 0 aliphatic carbocycles. The highest BCUT2D eigenvalue weighted by molar-refractivity contribution is 6.31. The van der Waals surface area contributed by atoms with E-state index in [-0.39, 0.29) is 0 Å². The van der Waals surface area contributed by atoms with Crippen LogP contribution in [-0.4, -0.2) is 0 Å². The molecule has 0 radical (unpaired) electrons. The van der Waals surface area contributed by atoms with Gasteiger partial charge in [0.2, 0.25) is 0 Å². The summed E-state index contributed by atoms with van der Waals surface area (Å²) in [6.07, 6.45) is 0.904. The third-order valence-corrected chi connectivity index (χ3v) is 2.81. The fourth-order valence-electron chi connectivity index (χ4n) is 1.65. The van der Waals surface area contributed by atoms with Crippen molar-refractivity contribution in [2.24, 2.45) is 0 Å². The molecule has 0 bridgehead atoms. The number of hydrogen-bond acceptors (Lipinski definition) is 0. The predicted octanol–water partition coefficient (Wildman–Crippen LogP) is 5.27. The zero-order valence-electron chi connectivity index (χ0n) is 10.7. The van der Waals surface area contributed by atoms with Gasteiger partial charge in [-0.25, -0.2) is 0 Å². The maximum atomic E-state index is 6.15. The maximum absolute atomic E-state index is 6.15. The van der Waals surface area contributed by atoms with Crippen molar-refractivity contribution in [2.75, 3.05) is 0 Å². The smallest absolute Gasteiger partial charge is 0.0441 e. The molecule has 0 unspecified atom stereocenters. The van der Waals surface area contributed by atoms with Crippen molar-refractivity contribution in [1.82, 2.24) is 0 Å². The lowest BCUT2D eigenvalue weighted by atomic mass is 10.0. The SMILES string of the molecule is CC.Cc1ccc(Cl)c(Cc2ccccc2)c1. The number of benzene rings is 2. The second kappa shape index (κ2) is 7.13. The molecule has 0 aliphatic heterocycles. The monoisotopic (exact) mass is 246 g/mol. The Labute approximate surface area is 109 Å². The summed E-state index contributed by atoms with van der Waals surface area (Å²) in [5.74, 6) is 0. The fourth-order valence-corrected chi connectivity index (χ4v) is 1.84. The molecule has 2 rings (SSSR count). The van der Waals surface area contributed by atoms with Gasteiger partial charge in [0.15, 0.2) is 0 Å². The molecule has 2 aromatic rings. The van der Waals surface area contributed by atoms with Crippen LogP contribution in [0.15, 0.2) is 48.5 Å². The van der Waals surface area contributed by atoms with Crippen LogP contribution in [0, 0.1) is 6.92 Å². The van der Waals surface area contributed by atoms with E-state index in [1.807, 2.05) is 32.0 Å². The van der Waals surface area contributed by atoms with Crippen molar-refractivity contribution in [3.8, 4) is 0 Å². The summed E-state index contributed by atoms with van der Waals surface area (Å²) in [4.78, 5) is 0. The van der Waals surface area contributed by atoms with E-state index in [0.717, 1.165) is 11.4 Å². The molecular formula is C16H19Cl. The quantitative estimate of drug-likeness (QED) is 0.678. The normalized spacial score (nSPS) is 9.41. The fraction of sp³-hybridized carbons (Fsp3) is 0.250. The van der Waals surface area contributed by atoms with E-state index in [9.17, 15) is 0 Å². The van der Waals surface area contributed by atoms with Gasteiger partial charge >= 0.3 is 0 Å². The van der Waals surface area contributed by atoms with Crippen LogP contribution in [0.4, 0.5) is 0 Å². The Morgan fingerprint density at radius 2 is 1.59 bits per heavy atom. The van der Waals surface area contributed by atoms with E-state index >= 15 is 0 Å². The molecule has 0 N–H and O–H groups in total. The maximum Gasteiger partial charge on any atom is 0.0441 e. The molecule has 0 saturated heterocycles. The Morgan fingerprint density at radius 3 is 2.24 bits per heavy atom. The average Bonchev–Trinajstić information content (AvgIpc) is 2.38. The molecule has 17 heavy (non-hydrogen) atoms. The Hall–Kier alpha value is -1.27. The largest absolute Gasteiger partial charge is 0.0840 e. The zero-order chi connectivity index (χ0) is 12.7. The van der Waals surface area contributed by atoms with Gasteiger partial charge in [0.25, 0.3) is 0 Å². The van der Waals surface area contributed by atoms with Crippen LogP contribution in [0.1, 0.15) is 30.5 Å². The molecule has 0 heterocycles. The molecular weight excluding hydrogens is 228 g/mol. The first-order valence-electron chi connectivity index (χ1n) is 6.04. The third-order valence-electron chi connectivity index (χ3n) is 2.44. The summed E-state index contributed by atoms with van der Waals surface area (Å²) in [5, 5.41) is 0.851. The summed E-state index contributed by atoms with van der Waals surface area (Å²) in [5.41, 5.74) is 3.75. The van der Waals surface area contributed by atoms with E-state index < -0.39 is 0 Å². The van der Waals surface area contributed by atoms with Crippen LogP contribution in [-0.2, 0) is 6.42 Å². The molecule has 0 aliphatic rings. The number of hydrogen-bond donors (Lipinski definition) is 0. The summed E-state index contributed by atoms with van der Waals surface area (Å²) in [6.45, 7) is 6.09. The first kappa shape index (κ1) is 13.8. The average molecular weight is 247 g/mol. The number of aryl methyl sites for hydroxylation is 1. The Morgan fingerprint density at radius 1 is 0.941 bits per heavy atom. The lowest BCUT2D eigenvalue weighted by Gasteiger charge is -2.05. The Balaban J connectivity index is 0.000000686. The van der Waals surface area contributed by atoms with E-state index in [2.05, 4.69) is 37.3 Å². The minimum Gasteiger partial charge on any atom is -0.0840 e. The van der Waals surface area contributed by atoms with Crippen LogP contribution < -0.4 is 0 Å². The molecule has 2 aromatic carbocycles. The van der Waals surface area contributed by atoms with E-state index in [0.29, 0.717) is 0 Å². The molecule has 0 aromatic heterocycles. The van der Waals surface area contributed by atoms with Gasteiger partial charge in [-0.05, 0) is 30.5 Å². The van der Waals surface area contributed by atoms with Crippen LogP contribution in [0.25, 0.3) is 0 Å². The van der Waals surface area contributed by atoms with Crippen LogP contribution >= 0.6 is 11.6 Å². The van der Waals surface area contributed by atoms with Crippen molar-refractivity contribution in [2.45, 2.75) is 27.2 Å². The lowest BCUT2D eigenvalue weighted by molar-refractivity contribution is 1.18. The number of rotatable bonds is 2. The molecule has 0 nitrogen and oxygen atoms in total. The van der Waals surface area contributed by atoms with Gasteiger partial charge in [-0.15, -0.1) is 0 Å². The van der Waals surface area contributed by atoms with E-state index in [1.54, 1.807) is 0 Å². The van der Waals surface area contributed by atoms with Crippen molar-refractivity contribution < 1.29 is 0 Å². The Bertz CT molecular complexity index is 446. The first-order chi connectivity index (χ1) is 8.25. The topological polar surface area (TPSA) is 0 Å². The predicted molar refractivity (Wildman–Crippen MR) is 76.8 cm³/mol. The van der Waals surface area contributed by atoms with E-state index in [1.165, 1.54) is 16.7 Å². The number of halogens is 1. The van der Waals surface area contributed by atoms with Crippen molar-refractivity contribution in [3.63, 3.8) is 0 Å². The molecule has 0 atom stereocenters. The zero-order valence-corrected chi connectivity index (χ0v) is 11.5. The van der Waals surface area contributed by atoms with Gasteiger partial charge in [0, 0.05) is 5.02 Å². The van der Waals surface area contributed by atoms with Gasteiger partial charge < -0.3 is 0 Å². The second-order valence-electron chi connectivity index (χ2n) is 3.76. The molecule has 0 spiro atoms. The van der Waals surface area contributed by atoms with Crippen LogP contribution in [0.2, 0.25) is 5.02 Å². The van der Waals surface area contributed by atoms with Gasteiger partial charge in [-0.3, -0.25) is 0 Å². The highest BCUT2D eigenvalue weighted by atomic mass is 35.5. The molecule has 1 heteroatoms. The molecule has 0 saturated carbocycles. The van der Waals surface area contributed by atoms with Gasteiger partial charge in [0.05, 0.1) is 0 Å². The highest BCUT2D eigenvalue weighted by Gasteiger charge is 2.01. The summed E-state index contributed by atoms with van der Waals surface area (Å²) >= 11 is 6.15. The van der Waals surface area contributed by atoms with Gasteiger partial charge in [-0.1, -0.05) is 73.5 Å². The van der Waals surface area contributed by atoms with Crippen molar-refractivity contribution in [3.05, 3.63) is 70.2 Å². The van der Waals surface area contributed by atoms with Crippen LogP contribution in [0.3, 0.4) is 0 Å². The Kier molecular flexibility index (Phi) is 5.79. The molecule has 0 fully saturated rings. The van der Waals surface area contributed by atoms with Crippen LogP contribution in [0.5, 0.6) is 0 Å². The lowest BCUT2D eigenvalue weighted by Crippen LogP contribution is -1.89. The third kappa shape index (κ3) is 4.24. The summed E-state index contributed by atoms with van der Waals surface area (Å²) < 4.78 is 0. The summed E-state index contributed by atoms with van der Waals surface area (Å²) in [6, 6.07) is 16.5. The second-order valence-corrected chi connectivity index (χ2v) is 4.16. The first-order valence-corrected chi connectivity index (χ1v) is 6.42. The van der Waals surface area contributed by atoms with E-state index in [4.69, 9.17) is 11.6 Å². The van der Waals surface area contributed by atoms with Gasteiger partial charge in [0.1, 0.15) is 0 Å². The molecule has 90 valence electrons. The summed E-state index contributed by atoms with van der Waals surface area (Å²) in [7, 11) is 0. The van der Waals surface area contributed by atoms with Gasteiger partial charge in [-0.2, -0.15) is 0 Å². The van der Waals surface area contributed by atoms with Crippen molar-refractivity contribution >= 4 is 11.6 Å². The van der Waals surface area contributed by atoms with Crippen molar-refractivity contribution in [1.29, 1.82) is 0 Å². The minimum absolute atomic E-state index is 0.851.